The van der Waals surface area contributed by atoms with E-state index in [-0.39, 0.29) is 19.9 Å². The molecule has 0 radical (unpaired) electrons. The third-order valence-electron chi connectivity index (χ3n) is 3.84. The van der Waals surface area contributed by atoms with Crippen LogP contribution in [0.15, 0.2) is 36.4 Å². The van der Waals surface area contributed by atoms with Gasteiger partial charge in [0, 0.05) is 11.6 Å². The standard InChI is InChI=1S/C19H19NO7/c1-23-14-6-13(7-15(8-14)24-2)19(22)20-9-18(21)25-10-12-3-4-16-17(5-12)27-11-26-16/h3-8H,9-11H2,1-2H3,(H,20,22). The molecule has 1 aliphatic rings. The van der Waals surface area contributed by atoms with E-state index in [1.54, 1.807) is 36.4 Å². The van der Waals surface area contributed by atoms with Crippen molar-refractivity contribution in [2.24, 2.45) is 0 Å². The van der Waals surface area contributed by atoms with Crippen LogP contribution in [0.2, 0.25) is 0 Å². The van der Waals surface area contributed by atoms with Gasteiger partial charge in [-0.2, -0.15) is 0 Å². The van der Waals surface area contributed by atoms with E-state index < -0.39 is 11.9 Å². The summed E-state index contributed by atoms with van der Waals surface area (Å²) < 4.78 is 25.9. The fourth-order valence-electron chi connectivity index (χ4n) is 2.44. The lowest BCUT2D eigenvalue weighted by molar-refractivity contribution is -0.143. The summed E-state index contributed by atoms with van der Waals surface area (Å²) in [5, 5.41) is 2.51. The molecule has 1 N–H and O–H groups in total. The Labute approximate surface area is 155 Å². The second-order valence-corrected chi connectivity index (χ2v) is 5.63. The van der Waals surface area contributed by atoms with Crippen LogP contribution in [0.25, 0.3) is 0 Å². The Bertz CT molecular complexity index is 828. The van der Waals surface area contributed by atoms with Gasteiger partial charge in [0.2, 0.25) is 6.79 Å². The van der Waals surface area contributed by atoms with Crippen molar-refractivity contribution < 1.29 is 33.3 Å². The third-order valence-corrected chi connectivity index (χ3v) is 3.84. The predicted octanol–water partition coefficient (Wildman–Crippen LogP) is 1.91. The summed E-state index contributed by atoms with van der Waals surface area (Å²) in [4.78, 5) is 24.1. The lowest BCUT2D eigenvalue weighted by Crippen LogP contribution is -2.30. The molecule has 1 aliphatic heterocycles. The number of fused-ring (bicyclic) bond motifs is 1. The Morgan fingerprint density at radius 1 is 1.00 bits per heavy atom. The Hall–Kier alpha value is -3.42. The number of amides is 1. The van der Waals surface area contributed by atoms with Gasteiger partial charge in [-0.15, -0.1) is 0 Å². The second kappa shape index (κ2) is 8.31. The largest absolute Gasteiger partial charge is 0.497 e. The van der Waals surface area contributed by atoms with Gasteiger partial charge in [-0.05, 0) is 29.8 Å². The Morgan fingerprint density at radius 3 is 2.41 bits per heavy atom. The Balaban J connectivity index is 1.51. The molecule has 0 unspecified atom stereocenters. The third kappa shape index (κ3) is 4.60. The molecule has 0 fully saturated rings. The highest BCUT2D eigenvalue weighted by Gasteiger charge is 2.15. The van der Waals surface area contributed by atoms with Gasteiger partial charge in [0.15, 0.2) is 11.5 Å². The first-order chi connectivity index (χ1) is 13.1. The van der Waals surface area contributed by atoms with Crippen molar-refractivity contribution in [3.05, 3.63) is 47.5 Å². The maximum atomic E-state index is 12.2. The zero-order chi connectivity index (χ0) is 19.2. The highest BCUT2D eigenvalue weighted by molar-refractivity contribution is 5.96. The van der Waals surface area contributed by atoms with E-state index in [1.165, 1.54) is 14.2 Å². The first kappa shape index (κ1) is 18.4. The number of ether oxygens (including phenoxy) is 5. The molecule has 0 atom stereocenters. The number of rotatable bonds is 7. The molecule has 0 spiro atoms. The molecule has 0 aliphatic carbocycles. The number of methoxy groups -OCH3 is 2. The van der Waals surface area contributed by atoms with Crippen LogP contribution in [0.5, 0.6) is 23.0 Å². The number of esters is 1. The van der Waals surface area contributed by atoms with E-state index in [0.717, 1.165) is 5.56 Å². The van der Waals surface area contributed by atoms with Crippen LogP contribution in [0.3, 0.4) is 0 Å². The van der Waals surface area contributed by atoms with Crippen molar-refractivity contribution in [3.8, 4) is 23.0 Å². The molecule has 8 heteroatoms. The van der Waals surface area contributed by atoms with Gasteiger partial charge in [0.25, 0.3) is 5.91 Å². The molecule has 27 heavy (non-hydrogen) atoms. The summed E-state index contributed by atoms with van der Waals surface area (Å²) in [7, 11) is 2.98. The van der Waals surface area contributed by atoms with E-state index in [4.69, 9.17) is 23.7 Å². The van der Waals surface area contributed by atoms with Gasteiger partial charge in [0.05, 0.1) is 14.2 Å². The van der Waals surface area contributed by atoms with Crippen molar-refractivity contribution in [2.75, 3.05) is 27.6 Å². The zero-order valence-corrected chi connectivity index (χ0v) is 14.9. The fraction of sp³-hybridized carbons (Fsp3) is 0.263. The molecule has 1 amide bonds. The minimum Gasteiger partial charge on any atom is -0.497 e. The van der Waals surface area contributed by atoms with Crippen LogP contribution < -0.4 is 24.3 Å². The summed E-state index contributed by atoms with van der Waals surface area (Å²) in [5.41, 5.74) is 1.08. The lowest BCUT2D eigenvalue weighted by Gasteiger charge is -2.09. The van der Waals surface area contributed by atoms with E-state index in [9.17, 15) is 9.59 Å². The normalized spacial score (nSPS) is 11.6. The summed E-state index contributed by atoms with van der Waals surface area (Å²) in [6.45, 7) is -0.0130. The van der Waals surface area contributed by atoms with Crippen molar-refractivity contribution in [3.63, 3.8) is 0 Å². The number of carbonyl (C=O) groups excluding carboxylic acids is 2. The molecule has 0 bridgehead atoms. The molecule has 3 rings (SSSR count). The average Bonchev–Trinajstić information content (AvgIpc) is 3.17. The van der Waals surface area contributed by atoms with Crippen LogP contribution in [0.1, 0.15) is 15.9 Å². The summed E-state index contributed by atoms with van der Waals surface area (Å²) >= 11 is 0. The zero-order valence-electron chi connectivity index (χ0n) is 14.9. The molecule has 2 aromatic carbocycles. The molecular formula is C19H19NO7. The minimum atomic E-state index is -0.559. The van der Waals surface area contributed by atoms with Gasteiger partial charge in [-0.25, -0.2) is 0 Å². The first-order valence-electron chi connectivity index (χ1n) is 8.14. The molecule has 0 saturated carbocycles. The van der Waals surface area contributed by atoms with Crippen molar-refractivity contribution in [2.45, 2.75) is 6.61 Å². The number of benzene rings is 2. The SMILES string of the molecule is COc1cc(OC)cc(C(=O)NCC(=O)OCc2ccc3c(c2)OCO3)c1. The van der Waals surface area contributed by atoms with Gasteiger partial charge >= 0.3 is 5.97 Å². The number of hydrogen-bond donors (Lipinski definition) is 1. The van der Waals surface area contributed by atoms with E-state index in [0.29, 0.717) is 28.6 Å². The topological polar surface area (TPSA) is 92.3 Å². The van der Waals surface area contributed by atoms with Crippen molar-refractivity contribution >= 4 is 11.9 Å². The van der Waals surface area contributed by atoms with E-state index in [2.05, 4.69) is 5.32 Å². The average molecular weight is 373 g/mol. The van der Waals surface area contributed by atoms with E-state index in [1.807, 2.05) is 0 Å². The first-order valence-corrected chi connectivity index (χ1v) is 8.14. The predicted molar refractivity (Wildman–Crippen MR) is 94.2 cm³/mol. The number of hydrogen-bond acceptors (Lipinski definition) is 7. The van der Waals surface area contributed by atoms with E-state index >= 15 is 0 Å². The molecule has 142 valence electrons. The van der Waals surface area contributed by atoms with Crippen molar-refractivity contribution in [1.29, 1.82) is 0 Å². The van der Waals surface area contributed by atoms with Crippen LogP contribution in [0.4, 0.5) is 0 Å². The smallest absolute Gasteiger partial charge is 0.325 e. The molecule has 1 heterocycles. The fourth-order valence-corrected chi connectivity index (χ4v) is 2.44. The van der Waals surface area contributed by atoms with Crippen LogP contribution in [-0.2, 0) is 16.1 Å². The summed E-state index contributed by atoms with van der Waals surface area (Å²) in [6.07, 6.45) is 0. The quantitative estimate of drug-likeness (QED) is 0.741. The van der Waals surface area contributed by atoms with Crippen molar-refractivity contribution in [1.82, 2.24) is 5.32 Å². The van der Waals surface area contributed by atoms with Gasteiger partial charge < -0.3 is 29.0 Å². The molecular weight excluding hydrogens is 354 g/mol. The number of nitrogens with one attached hydrogen (secondary N) is 1. The molecule has 0 aromatic heterocycles. The highest BCUT2D eigenvalue weighted by atomic mass is 16.7. The number of carbonyl (C=O) groups is 2. The molecule has 2 aromatic rings. The van der Waals surface area contributed by atoms with Crippen LogP contribution in [-0.4, -0.2) is 39.4 Å². The summed E-state index contributed by atoms with van der Waals surface area (Å²) in [5.74, 6) is 1.23. The van der Waals surface area contributed by atoms with Gasteiger partial charge in [-0.3, -0.25) is 9.59 Å². The van der Waals surface area contributed by atoms with Crippen LogP contribution >= 0.6 is 0 Å². The molecule has 0 saturated heterocycles. The Morgan fingerprint density at radius 2 is 1.70 bits per heavy atom. The maximum absolute atomic E-state index is 12.2. The Kier molecular flexibility index (Phi) is 5.65. The minimum absolute atomic E-state index is 0.0678. The molecule has 8 nitrogen and oxygen atoms in total. The lowest BCUT2D eigenvalue weighted by atomic mass is 10.2. The van der Waals surface area contributed by atoms with Gasteiger partial charge in [-0.1, -0.05) is 6.07 Å². The van der Waals surface area contributed by atoms with Crippen LogP contribution in [0, 0.1) is 0 Å². The monoisotopic (exact) mass is 373 g/mol. The maximum Gasteiger partial charge on any atom is 0.325 e. The highest BCUT2D eigenvalue weighted by Crippen LogP contribution is 2.32. The second-order valence-electron chi connectivity index (χ2n) is 5.63. The van der Waals surface area contributed by atoms with Gasteiger partial charge in [0.1, 0.15) is 24.7 Å². The summed E-state index contributed by atoms with van der Waals surface area (Å²) in [6, 6.07) is 10.0.